The van der Waals surface area contributed by atoms with Gasteiger partial charge in [-0.2, -0.15) is 0 Å². The third-order valence-corrected chi connectivity index (χ3v) is 8.68. The zero-order valence-corrected chi connectivity index (χ0v) is 27.8. The lowest BCUT2D eigenvalue weighted by Crippen LogP contribution is -2.40. The zero-order chi connectivity index (χ0) is 30.6. The number of esters is 1. The number of ether oxygens (including phenoxy) is 4. The first kappa shape index (κ1) is 31.8. The number of benzene rings is 2. The van der Waals surface area contributed by atoms with E-state index in [0.717, 1.165) is 6.42 Å². The van der Waals surface area contributed by atoms with Crippen LogP contribution in [0.2, 0.25) is 0 Å². The zero-order valence-electron chi connectivity index (χ0n) is 23.2. The standard InChI is InChI=1S/C29H28BrIN2O8S/c1-5-7-19-24(28(37)40-6-2)25(16-8-9-20(38-3)17(30)13-16)33-27(36)22(42-29(33)32-19)12-15-10-18(31)26(21(11-15)39-4)41-14-23(34)35/h8-13,25H,5-7,14H2,1-4H3,(H,34,35)/b22-12-/t25-/m1/s1. The fourth-order valence-electron chi connectivity index (χ4n) is 4.54. The Morgan fingerprint density at radius 3 is 2.52 bits per heavy atom. The topological polar surface area (TPSA) is 126 Å². The lowest BCUT2D eigenvalue weighted by atomic mass is 9.94. The highest BCUT2D eigenvalue weighted by molar-refractivity contribution is 14.1. The Balaban J connectivity index is 1.94. The van der Waals surface area contributed by atoms with E-state index in [1.165, 1.54) is 23.0 Å². The molecule has 0 spiro atoms. The van der Waals surface area contributed by atoms with E-state index in [2.05, 4.69) is 15.9 Å². The molecule has 3 aromatic rings. The maximum absolute atomic E-state index is 14.0. The van der Waals surface area contributed by atoms with Gasteiger partial charge in [0.05, 0.1) is 50.7 Å². The van der Waals surface area contributed by atoms with E-state index >= 15 is 0 Å². The Kier molecular flexibility index (Phi) is 10.5. The van der Waals surface area contributed by atoms with Crippen molar-refractivity contribution >= 4 is 67.9 Å². The molecule has 1 aliphatic heterocycles. The molecule has 0 saturated heterocycles. The Labute approximate surface area is 267 Å². The predicted molar refractivity (Wildman–Crippen MR) is 169 cm³/mol. The van der Waals surface area contributed by atoms with Crippen LogP contribution in [0.5, 0.6) is 17.2 Å². The molecule has 0 unspecified atom stereocenters. The molecule has 0 saturated carbocycles. The van der Waals surface area contributed by atoms with Gasteiger partial charge in [0.2, 0.25) is 0 Å². The average Bonchev–Trinajstić information content (AvgIpc) is 3.25. The molecule has 42 heavy (non-hydrogen) atoms. The molecule has 2 aromatic carbocycles. The first-order chi connectivity index (χ1) is 20.1. The molecule has 1 atom stereocenters. The summed E-state index contributed by atoms with van der Waals surface area (Å²) in [5.41, 5.74) is 1.92. The second kappa shape index (κ2) is 13.9. The lowest BCUT2D eigenvalue weighted by molar-refractivity contribution is -0.140. The summed E-state index contributed by atoms with van der Waals surface area (Å²) in [4.78, 5) is 43.7. The Hall–Kier alpha value is -3.17. The normalized spacial score (nSPS) is 14.7. The number of allylic oxidation sites excluding steroid dienone is 1. The van der Waals surface area contributed by atoms with Crippen molar-refractivity contribution in [2.45, 2.75) is 32.7 Å². The van der Waals surface area contributed by atoms with E-state index in [4.69, 9.17) is 29.0 Å². The third kappa shape index (κ3) is 6.57. The van der Waals surface area contributed by atoms with Crippen molar-refractivity contribution in [2.24, 2.45) is 4.99 Å². The van der Waals surface area contributed by atoms with Crippen LogP contribution in [0.4, 0.5) is 0 Å². The maximum atomic E-state index is 14.0. The highest BCUT2D eigenvalue weighted by Crippen LogP contribution is 2.37. The number of halogens is 2. The summed E-state index contributed by atoms with van der Waals surface area (Å²) in [6, 6.07) is 8.10. The number of nitrogens with zero attached hydrogens (tertiary/aromatic N) is 2. The molecule has 1 aliphatic rings. The molecule has 2 heterocycles. The maximum Gasteiger partial charge on any atom is 0.341 e. The summed E-state index contributed by atoms with van der Waals surface area (Å²) >= 11 is 6.78. The van der Waals surface area contributed by atoms with Crippen LogP contribution in [0.3, 0.4) is 0 Å². The third-order valence-electron chi connectivity index (χ3n) is 6.27. The SMILES string of the molecule is CCCC1=C(C(=O)OCC)[C@@H](c2ccc(OC)c(Br)c2)n2c(s/c(=C\c3cc(I)c(OCC(=O)O)c(OC)c3)c2=O)=N1. The number of thiazole rings is 1. The van der Waals surface area contributed by atoms with E-state index in [1.807, 2.05) is 41.6 Å². The predicted octanol–water partition coefficient (Wildman–Crippen LogP) is 4.43. The molecule has 222 valence electrons. The van der Waals surface area contributed by atoms with E-state index in [-0.39, 0.29) is 12.2 Å². The molecule has 13 heteroatoms. The minimum atomic E-state index is -1.11. The molecular weight excluding hydrogens is 743 g/mol. The van der Waals surface area contributed by atoms with Gasteiger partial charge < -0.3 is 24.1 Å². The van der Waals surface area contributed by atoms with Crippen LogP contribution in [-0.4, -0.2) is 49.0 Å². The summed E-state index contributed by atoms with van der Waals surface area (Å²) in [6.07, 6.45) is 2.98. The fraction of sp³-hybridized carbons (Fsp3) is 0.310. The first-order valence-electron chi connectivity index (χ1n) is 12.9. The molecule has 0 fully saturated rings. The number of carbonyl (C=O) groups excluding carboxylic acids is 1. The van der Waals surface area contributed by atoms with E-state index in [0.29, 0.717) is 63.4 Å². The number of carboxylic acids is 1. The number of carboxylic acid groups (broad SMARTS) is 1. The highest BCUT2D eigenvalue weighted by Gasteiger charge is 2.34. The summed E-state index contributed by atoms with van der Waals surface area (Å²) in [7, 11) is 3.02. The fourth-order valence-corrected chi connectivity index (χ4v) is 6.90. The summed E-state index contributed by atoms with van der Waals surface area (Å²) < 4.78 is 24.9. The van der Waals surface area contributed by atoms with E-state index in [1.54, 1.807) is 38.3 Å². The minimum absolute atomic E-state index is 0.178. The van der Waals surface area contributed by atoms with Crippen LogP contribution in [0.15, 0.2) is 55.9 Å². The Morgan fingerprint density at radius 2 is 1.90 bits per heavy atom. The summed E-state index contributed by atoms with van der Waals surface area (Å²) in [6.45, 7) is 3.39. The molecule has 0 amide bonds. The number of carbonyl (C=O) groups is 2. The monoisotopic (exact) mass is 770 g/mol. The number of rotatable bonds is 11. The minimum Gasteiger partial charge on any atom is -0.496 e. The van der Waals surface area contributed by atoms with Crippen molar-refractivity contribution in [1.82, 2.24) is 4.57 Å². The van der Waals surface area contributed by atoms with Crippen LogP contribution in [0, 0.1) is 3.57 Å². The van der Waals surface area contributed by atoms with Crippen molar-refractivity contribution in [1.29, 1.82) is 0 Å². The lowest BCUT2D eigenvalue weighted by Gasteiger charge is -2.26. The van der Waals surface area contributed by atoms with Gasteiger partial charge in [0.15, 0.2) is 22.9 Å². The van der Waals surface area contributed by atoms with Crippen LogP contribution in [-0.2, 0) is 14.3 Å². The Bertz CT molecular complexity index is 1750. The largest absolute Gasteiger partial charge is 0.496 e. The highest BCUT2D eigenvalue weighted by atomic mass is 127. The molecule has 0 bridgehead atoms. The number of methoxy groups -OCH3 is 2. The van der Waals surface area contributed by atoms with Gasteiger partial charge >= 0.3 is 11.9 Å². The van der Waals surface area contributed by atoms with Gasteiger partial charge in [0, 0.05) is 0 Å². The van der Waals surface area contributed by atoms with Gasteiger partial charge in [-0.3, -0.25) is 9.36 Å². The molecule has 10 nitrogen and oxygen atoms in total. The molecular formula is C29H28BrIN2O8S. The van der Waals surface area contributed by atoms with Gasteiger partial charge in [0.1, 0.15) is 5.75 Å². The van der Waals surface area contributed by atoms with Crippen LogP contribution in [0.1, 0.15) is 43.9 Å². The quantitative estimate of drug-likeness (QED) is 0.225. The number of fused-ring (bicyclic) bond motifs is 1. The second-order valence-corrected chi connectivity index (χ2v) is 12.0. The molecule has 4 rings (SSSR count). The van der Waals surface area contributed by atoms with Crippen molar-refractivity contribution in [3.8, 4) is 17.2 Å². The van der Waals surface area contributed by atoms with Crippen molar-refractivity contribution < 1.29 is 33.6 Å². The number of hydrogen-bond acceptors (Lipinski definition) is 9. The van der Waals surface area contributed by atoms with Gasteiger partial charge in [0.25, 0.3) is 5.56 Å². The number of hydrogen-bond donors (Lipinski definition) is 1. The van der Waals surface area contributed by atoms with Gasteiger partial charge in [-0.25, -0.2) is 14.6 Å². The second-order valence-electron chi connectivity index (χ2n) is 9.02. The van der Waals surface area contributed by atoms with Crippen LogP contribution < -0.4 is 29.1 Å². The van der Waals surface area contributed by atoms with Crippen LogP contribution in [0.25, 0.3) is 6.08 Å². The summed E-state index contributed by atoms with van der Waals surface area (Å²) in [5, 5.41) is 9.01. The first-order valence-corrected chi connectivity index (χ1v) is 15.6. The molecule has 0 radical (unpaired) electrons. The van der Waals surface area contributed by atoms with Crippen molar-refractivity contribution in [3.63, 3.8) is 0 Å². The van der Waals surface area contributed by atoms with Gasteiger partial charge in [-0.05, 0) is 93.3 Å². The smallest absolute Gasteiger partial charge is 0.341 e. The van der Waals surface area contributed by atoms with E-state index in [9.17, 15) is 14.4 Å². The van der Waals surface area contributed by atoms with Crippen LogP contribution >= 0.6 is 49.9 Å². The molecule has 1 N–H and O–H groups in total. The number of aromatic nitrogens is 1. The van der Waals surface area contributed by atoms with Crippen molar-refractivity contribution in [2.75, 3.05) is 27.4 Å². The molecule has 0 aliphatic carbocycles. The number of aliphatic carboxylic acids is 1. The van der Waals surface area contributed by atoms with Gasteiger partial charge in [-0.15, -0.1) is 0 Å². The van der Waals surface area contributed by atoms with Crippen molar-refractivity contribution in [3.05, 3.63) is 80.5 Å². The molecule has 1 aromatic heterocycles. The Morgan fingerprint density at radius 1 is 1.17 bits per heavy atom. The average molecular weight is 771 g/mol. The van der Waals surface area contributed by atoms with E-state index < -0.39 is 24.6 Å². The summed E-state index contributed by atoms with van der Waals surface area (Å²) in [5.74, 6) is -0.389. The van der Waals surface area contributed by atoms with Gasteiger partial charge in [-0.1, -0.05) is 30.7 Å².